The number of nitrogens with one attached hydrogen (secondary N) is 1. The number of morpholine rings is 1. The van der Waals surface area contributed by atoms with Gasteiger partial charge in [0.25, 0.3) is 5.91 Å². The maximum Gasteiger partial charge on any atom is 0.446 e. The van der Waals surface area contributed by atoms with Gasteiger partial charge in [-0.3, -0.25) is 14.4 Å². The number of carbonyl (C=O) groups is 3. The van der Waals surface area contributed by atoms with Crippen LogP contribution in [0.2, 0.25) is 0 Å². The van der Waals surface area contributed by atoms with Gasteiger partial charge < -0.3 is 19.9 Å². The Morgan fingerprint density at radius 3 is 2.41 bits per heavy atom. The van der Waals surface area contributed by atoms with E-state index in [0.29, 0.717) is 63.8 Å². The molecular formula is C29H40F3N5O4. The van der Waals surface area contributed by atoms with Gasteiger partial charge in [0.05, 0.1) is 42.3 Å². The summed E-state index contributed by atoms with van der Waals surface area (Å²) in [5.41, 5.74) is 2.57. The zero-order chi connectivity index (χ0) is 30.0. The van der Waals surface area contributed by atoms with E-state index in [-0.39, 0.29) is 23.8 Å². The first-order valence-corrected chi connectivity index (χ1v) is 14.1. The van der Waals surface area contributed by atoms with Crippen LogP contribution in [0.5, 0.6) is 0 Å². The number of carbonyl (C=O) groups excluding carboxylic acids is 3. The molecule has 1 N–H and O–H groups in total. The number of hydrogen-bond acceptors (Lipinski definition) is 6. The van der Waals surface area contributed by atoms with E-state index in [2.05, 4.69) is 31.2 Å². The second kappa shape index (κ2) is 15.1. The van der Waals surface area contributed by atoms with Crippen LogP contribution in [-0.4, -0.2) is 95.8 Å². The van der Waals surface area contributed by atoms with Crippen molar-refractivity contribution in [2.75, 3.05) is 45.9 Å². The van der Waals surface area contributed by atoms with Gasteiger partial charge >= 0.3 is 6.18 Å². The molecule has 0 saturated carbocycles. The van der Waals surface area contributed by atoms with Gasteiger partial charge in [-0.15, -0.1) is 0 Å². The van der Waals surface area contributed by atoms with Crippen molar-refractivity contribution in [3.05, 3.63) is 47.8 Å². The van der Waals surface area contributed by atoms with Crippen LogP contribution < -0.4 is 5.32 Å². The fourth-order valence-electron chi connectivity index (χ4n) is 5.15. The van der Waals surface area contributed by atoms with E-state index in [0.717, 1.165) is 24.2 Å². The lowest BCUT2D eigenvalue weighted by Crippen LogP contribution is -2.56. The molecule has 0 aliphatic carbocycles. The molecule has 41 heavy (non-hydrogen) atoms. The van der Waals surface area contributed by atoms with Gasteiger partial charge in [-0.05, 0) is 30.9 Å². The molecule has 4 rings (SSSR count). The first-order valence-electron chi connectivity index (χ1n) is 14.1. The highest BCUT2D eigenvalue weighted by Crippen LogP contribution is 2.25. The number of amides is 2. The lowest BCUT2D eigenvalue weighted by molar-refractivity contribution is -0.156. The van der Waals surface area contributed by atoms with Gasteiger partial charge in [-0.1, -0.05) is 45.4 Å². The molecular weight excluding hydrogens is 539 g/mol. The summed E-state index contributed by atoms with van der Waals surface area (Å²) in [6.45, 7) is 10.9. The van der Waals surface area contributed by atoms with Crippen molar-refractivity contribution < 1.29 is 32.3 Å². The van der Waals surface area contributed by atoms with Crippen molar-refractivity contribution in [3.8, 4) is 5.69 Å². The molecule has 2 aliphatic heterocycles. The van der Waals surface area contributed by atoms with E-state index in [4.69, 9.17) is 9.53 Å². The van der Waals surface area contributed by atoms with Crippen molar-refractivity contribution >= 4 is 18.1 Å². The molecule has 2 fully saturated rings. The molecule has 0 radical (unpaired) electrons. The van der Waals surface area contributed by atoms with E-state index in [1.165, 1.54) is 0 Å². The highest BCUT2D eigenvalue weighted by atomic mass is 19.4. The second-order valence-corrected chi connectivity index (χ2v) is 10.7. The van der Waals surface area contributed by atoms with E-state index < -0.39 is 12.5 Å². The van der Waals surface area contributed by atoms with Crippen LogP contribution in [0.3, 0.4) is 0 Å². The van der Waals surface area contributed by atoms with Gasteiger partial charge in [0, 0.05) is 38.8 Å². The molecule has 3 heterocycles. The minimum Gasteiger partial charge on any atom is -0.378 e. The number of aldehydes is 1. The summed E-state index contributed by atoms with van der Waals surface area (Å²) >= 11 is 0. The molecule has 2 atom stereocenters. The van der Waals surface area contributed by atoms with Gasteiger partial charge in [0.15, 0.2) is 0 Å². The number of para-hydroxylation sites is 1. The summed E-state index contributed by atoms with van der Waals surface area (Å²) < 4.78 is 38.6. The number of ether oxygens (including phenoxy) is 1. The number of rotatable bonds is 8. The Morgan fingerprint density at radius 1 is 1.17 bits per heavy atom. The number of alkyl halides is 3. The molecule has 0 bridgehead atoms. The lowest BCUT2D eigenvalue weighted by atomic mass is 9.92. The Kier molecular flexibility index (Phi) is 11.9. The average Bonchev–Trinajstić information content (AvgIpc) is 3.40. The van der Waals surface area contributed by atoms with Gasteiger partial charge in [0.1, 0.15) is 0 Å². The minimum absolute atomic E-state index is 0.00982. The summed E-state index contributed by atoms with van der Waals surface area (Å²) in [5.74, 6) is 0.367. The van der Waals surface area contributed by atoms with Gasteiger partial charge in [-0.25, -0.2) is 4.68 Å². The van der Waals surface area contributed by atoms with Crippen LogP contribution in [0.4, 0.5) is 13.2 Å². The molecule has 0 spiro atoms. The molecule has 2 amide bonds. The fraction of sp³-hybridized carbons (Fsp3) is 0.586. The smallest absolute Gasteiger partial charge is 0.378 e. The third-order valence-corrected chi connectivity index (χ3v) is 6.98. The second-order valence-electron chi connectivity index (χ2n) is 10.7. The van der Waals surface area contributed by atoms with Gasteiger partial charge in [-0.2, -0.15) is 18.3 Å². The van der Waals surface area contributed by atoms with Crippen molar-refractivity contribution in [2.45, 2.75) is 52.3 Å². The molecule has 9 nitrogen and oxygen atoms in total. The Balaban J connectivity index is 0.000000696. The minimum atomic E-state index is -4.64. The Morgan fingerprint density at radius 2 is 1.83 bits per heavy atom. The SMILES string of the molecule is CCCc1c(C(=O)N(CC(C)C)[C@@H]2CNC[C@H](C(=O)N3CCOCC3)C2)cnn1-c1ccccc1.O=CC(F)(F)F. The lowest BCUT2D eigenvalue weighted by Gasteiger charge is -2.40. The monoisotopic (exact) mass is 579 g/mol. The maximum atomic E-state index is 14.0. The Hall–Kier alpha value is -3.25. The number of hydrogen-bond donors (Lipinski definition) is 1. The summed E-state index contributed by atoms with van der Waals surface area (Å²) in [4.78, 5) is 39.8. The van der Waals surface area contributed by atoms with Crippen molar-refractivity contribution in [2.24, 2.45) is 11.8 Å². The standard InChI is InChI=1S/C27H39N5O3.C2HF3O/c1-4-8-25-24(18-29-32(25)22-9-6-5-7-10-22)27(34)31(19-20(2)3)23-15-21(16-28-17-23)26(33)30-11-13-35-14-12-30;3-2(4,5)1-6/h5-7,9-10,18,20-21,23,28H,4,8,11-17,19H2,1-3H3;1H/t21-,23+;/m1./s1. The van der Waals surface area contributed by atoms with Crippen LogP contribution in [0.1, 0.15) is 49.7 Å². The van der Waals surface area contributed by atoms with Crippen LogP contribution in [0, 0.1) is 11.8 Å². The highest BCUT2D eigenvalue weighted by molar-refractivity contribution is 5.95. The Bertz CT molecular complexity index is 1130. The topological polar surface area (TPSA) is 96.8 Å². The van der Waals surface area contributed by atoms with Crippen LogP contribution >= 0.6 is 0 Å². The third-order valence-electron chi connectivity index (χ3n) is 6.98. The van der Waals surface area contributed by atoms with E-state index >= 15 is 0 Å². The fourth-order valence-corrected chi connectivity index (χ4v) is 5.15. The number of aromatic nitrogens is 2. The number of halogens is 3. The van der Waals surface area contributed by atoms with Crippen molar-refractivity contribution in [1.29, 1.82) is 0 Å². The number of piperidine rings is 1. The largest absolute Gasteiger partial charge is 0.446 e. The molecule has 226 valence electrons. The van der Waals surface area contributed by atoms with E-state index in [9.17, 15) is 22.8 Å². The quantitative estimate of drug-likeness (QED) is 0.481. The predicted octanol–water partition coefficient (Wildman–Crippen LogP) is 3.51. The first kappa shape index (κ1) is 32.3. The van der Waals surface area contributed by atoms with Crippen molar-refractivity contribution in [1.82, 2.24) is 24.9 Å². The zero-order valence-corrected chi connectivity index (χ0v) is 23.9. The summed E-state index contributed by atoms with van der Waals surface area (Å²) in [5, 5.41) is 8.06. The summed E-state index contributed by atoms with van der Waals surface area (Å²) in [6.07, 6.45) is -1.61. The normalized spacial score (nSPS) is 19.3. The van der Waals surface area contributed by atoms with Crippen LogP contribution in [0.15, 0.2) is 36.5 Å². The third kappa shape index (κ3) is 9.12. The van der Waals surface area contributed by atoms with Crippen LogP contribution in [-0.2, 0) is 20.7 Å². The number of benzene rings is 1. The molecule has 2 aromatic rings. The average molecular weight is 580 g/mol. The zero-order valence-electron chi connectivity index (χ0n) is 23.9. The molecule has 0 unspecified atom stereocenters. The highest BCUT2D eigenvalue weighted by Gasteiger charge is 2.36. The molecule has 2 aliphatic rings. The molecule has 1 aromatic carbocycles. The molecule has 12 heteroatoms. The molecule has 2 saturated heterocycles. The summed E-state index contributed by atoms with van der Waals surface area (Å²) in [6, 6.07) is 9.94. The van der Waals surface area contributed by atoms with Crippen LogP contribution in [0.25, 0.3) is 5.69 Å². The van der Waals surface area contributed by atoms with E-state index in [1.807, 2.05) is 44.8 Å². The van der Waals surface area contributed by atoms with Crippen molar-refractivity contribution in [3.63, 3.8) is 0 Å². The Labute approximate surface area is 239 Å². The molecule has 1 aromatic heterocycles. The maximum absolute atomic E-state index is 14.0. The van der Waals surface area contributed by atoms with Gasteiger partial charge in [0.2, 0.25) is 12.2 Å². The van der Waals surface area contributed by atoms with E-state index in [1.54, 1.807) is 6.20 Å². The predicted molar refractivity (Wildman–Crippen MR) is 148 cm³/mol. The number of nitrogens with zero attached hydrogens (tertiary/aromatic N) is 4. The summed E-state index contributed by atoms with van der Waals surface area (Å²) in [7, 11) is 0. The first-order chi connectivity index (χ1) is 19.6.